The topological polar surface area (TPSA) is 106 Å². The van der Waals surface area contributed by atoms with Crippen LogP contribution in [0.5, 0.6) is 5.75 Å². The quantitative estimate of drug-likeness (QED) is 0.439. The number of hydrogen-bond donors (Lipinski definition) is 2. The number of carbonyl (C=O) groups excluding carboxylic acids is 1. The fourth-order valence-electron chi connectivity index (χ4n) is 3.21. The van der Waals surface area contributed by atoms with Crippen molar-refractivity contribution < 1.29 is 23.8 Å². The van der Waals surface area contributed by atoms with Crippen LogP contribution in [-0.4, -0.2) is 29.6 Å². The number of ether oxygens (including phenoxy) is 1. The van der Waals surface area contributed by atoms with Gasteiger partial charge in [0.15, 0.2) is 6.10 Å². The molecule has 0 aliphatic rings. The predicted octanol–water partition coefficient (Wildman–Crippen LogP) is 3.58. The molecule has 2 N–H and O–H groups in total. The Bertz CT molecular complexity index is 917. The van der Waals surface area contributed by atoms with Crippen LogP contribution in [0.4, 0.5) is 0 Å². The second-order valence-corrected chi connectivity index (χ2v) is 7.23. The molecule has 1 heterocycles. The van der Waals surface area contributed by atoms with Crippen LogP contribution < -0.4 is 15.7 Å². The normalized spacial score (nSPS) is 12.0. The third-order valence-electron chi connectivity index (χ3n) is 4.59. The summed E-state index contributed by atoms with van der Waals surface area (Å²) in [5.74, 6) is -0.525. The van der Waals surface area contributed by atoms with E-state index in [-0.39, 0.29) is 12.3 Å². The van der Waals surface area contributed by atoms with Gasteiger partial charge in [-0.25, -0.2) is 4.79 Å². The fraction of sp³-hybridized carbons (Fsp3) is 0.500. The molecular weight excluding hydrogens is 374 g/mol. The summed E-state index contributed by atoms with van der Waals surface area (Å²) in [6.07, 6.45) is 3.04. The number of nitrogens with one attached hydrogen (secondary N) is 1. The summed E-state index contributed by atoms with van der Waals surface area (Å²) in [5, 5.41) is 12.2. The Morgan fingerprint density at radius 1 is 1.21 bits per heavy atom. The molecule has 0 bridgehead atoms. The highest BCUT2D eigenvalue weighted by molar-refractivity contribution is 5.88. The van der Waals surface area contributed by atoms with Crippen molar-refractivity contribution in [1.82, 2.24) is 5.32 Å². The van der Waals surface area contributed by atoms with Gasteiger partial charge in [-0.05, 0) is 56.4 Å². The molecule has 0 aliphatic heterocycles. The highest BCUT2D eigenvalue weighted by atomic mass is 16.5. The zero-order valence-corrected chi connectivity index (χ0v) is 17.2. The minimum atomic E-state index is -0.806. The van der Waals surface area contributed by atoms with Crippen LogP contribution in [0.1, 0.15) is 57.1 Å². The molecule has 1 aromatic carbocycles. The zero-order valence-electron chi connectivity index (χ0n) is 17.2. The van der Waals surface area contributed by atoms with Gasteiger partial charge in [-0.15, -0.1) is 0 Å². The van der Waals surface area contributed by atoms with Crippen molar-refractivity contribution in [3.8, 4) is 5.75 Å². The highest BCUT2D eigenvalue weighted by Gasteiger charge is 2.18. The molecule has 0 fully saturated rings. The lowest BCUT2D eigenvalue weighted by molar-refractivity contribution is -0.137. The van der Waals surface area contributed by atoms with Gasteiger partial charge < -0.3 is 19.6 Å². The molecule has 1 aromatic heterocycles. The van der Waals surface area contributed by atoms with E-state index in [2.05, 4.69) is 5.32 Å². The maximum atomic E-state index is 12.4. The number of aryl methyl sites for hydroxylation is 2. The molecule has 1 amide bonds. The number of unbranched alkanes of at least 4 members (excludes halogenated alkanes) is 2. The zero-order chi connectivity index (χ0) is 21.4. The number of fused-ring (bicyclic) bond motifs is 1. The molecule has 2 rings (SSSR count). The minimum Gasteiger partial charge on any atom is -0.481 e. The second kappa shape index (κ2) is 10.6. The number of amides is 1. The molecule has 158 valence electrons. The summed E-state index contributed by atoms with van der Waals surface area (Å²) < 4.78 is 11.3. The summed E-state index contributed by atoms with van der Waals surface area (Å²) in [6.45, 7) is 6.05. The highest BCUT2D eigenvalue weighted by Crippen LogP contribution is 2.31. The van der Waals surface area contributed by atoms with Gasteiger partial charge in [0.2, 0.25) is 0 Å². The van der Waals surface area contributed by atoms with E-state index in [0.717, 1.165) is 29.4 Å². The van der Waals surface area contributed by atoms with E-state index in [1.165, 1.54) is 6.07 Å². The monoisotopic (exact) mass is 403 g/mol. The van der Waals surface area contributed by atoms with E-state index in [1.807, 2.05) is 19.9 Å². The molecule has 0 radical (unpaired) electrons. The van der Waals surface area contributed by atoms with E-state index in [9.17, 15) is 14.4 Å². The number of benzene rings is 1. The van der Waals surface area contributed by atoms with Crippen molar-refractivity contribution in [2.75, 3.05) is 6.54 Å². The van der Waals surface area contributed by atoms with Crippen LogP contribution in [0, 0.1) is 6.92 Å². The molecule has 0 saturated carbocycles. The SMILES string of the molecule is CCCc1cc(=O)oc2cc(C)cc(OC(C)C(=O)NCCCCCC(=O)O)c12. The van der Waals surface area contributed by atoms with E-state index in [1.54, 1.807) is 13.0 Å². The number of carboxylic acids is 1. The number of carboxylic acid groups (broad SMARTS) is 1. The van der Waals surface area contributed by atoms with Crippen LogP contribution in [0.15, 0.2) is 27.4 Å². The largest absolute Gasteiger partial charge is 0.481 e. The van der Waals surface area contributed by atoms with Gasteiger partial charge in [0.1, 0.15) is 11.3 Å². The first-order valence-corrected chi connectivity index (χ1v) is 10.0. The smallest absolute Gasteiger partial charge is 0.336 e. The number of aliphatic carboxylic acids is 1. The van der Waals surface area contributed by atoms with Crippen LogP contribution in [0.25, 0.3) is 11.0 Å². The lowest BCUT2D eigenvalue weighted by Crippen LogP contribution is -2.36. The molecule has 7 heteroatoms. The third kappa shape index (κ3) is 6.62. The van der Waals surface area contributed by atoms with Gasteiger partial charge in [0.05, 0.1) is 5.39 Å². The lowest BCUT2D eigenvalue weighted by atomic mass is 10.0. The molecule has 0 spiro atoms. The van der Waals surface area contributed by atoms with E-state index in [4.69, 9.17) is 14.3 Å². The number of carbonyl (C=O) groups is 2. The van der Waals surface area contributed by atoms with Crippen molar-refractivity contribution in [2.24, 2.45) is 0 Å². The number of hydrogen-bond acceptors (Lipinski definition) is 5. The van der Waals surface area contributed by atoms with Crippen LogP contribution in [0.2, 0.25) is 0 Å². The second-order valence-electron chi connectivity index (χ2n) is 7.23. The van der Waals surface area contributed by atoms with Gasteiger partial charge in [0, 0.05) is 19.0 Å². The minimum absolute atomic E-state index is 0.143. The van der Waals surface area contributed by atoms with Crippen molar-refractivity contribution in [3.05, 3.63) is 39.7 Å². The van der Waals surface area contributed by atoms with Crippen molar-refractivity contribution in [3.63, 3.8) is 0 Å². The Kier molecular flexibility index (Phi) is 8.24. The Morgan fingerprint density at radius 3 is 2.66 bits per heavy atom. The fourth-order valence-corrected chi connectivity index (χ4v) is 3.21. The van der Waals surface area contributed by atoms with Gasteiger partial charge in [-0.2, -0.15) is 0 Å². The Labute approximate surface area is 170 Å². The molecule has 1 atom stereocenters. The Hall–Kier alpha value is -2.83. The Balaban J connectivity index is 2.07. The molecule has 0 saturated heterocycles. The average molecular weight is 403 g/mol. The summed E-state index contributed by atoms with van der Waals surface area (Å²) in [4.78, 5) is 34.7. The van der Waals surface area contributed by atoms with Crippen LogP contribution in [0.3, 0.4) is 0 Å². The standard InChI is InChI=1S/C22H29NO6/c1-4-8-16-13-20(26)29-18-12-14(2)11-17(21(16)18)28-15(3)22(27)23-10-7-5-6-9-19(24)25/h11-13,15H,4-10H2,1-3H3,(H,23,27)(H,24,25). The predicted molar refractivity (Wildman–Crippen MR) is 110 cm³/mol. The maximum Gasteiger partial charge on any atom is 0.336 e. The molecule has 2 aromatic rings. The van der Waals surface area contributed by atoms with Crippen molar-refractivity contribution >= 4 is 22.8 Å². The summed E-state index contributed by atoms with van der Waals surface area (Å²) >= 11 is 0. The lowest BCUT2D eigenvalue weighted by Gasteiger charge is -2.18. The molecule has 7 nitrogen and oxygen atoms in total. The molecule has 29 heavy (non-hydrogen) atoms. The molecular formula is C22H29NO6. The first-order chi connectivity index (χ1) is 13.8. The van der Waals surface area contributed by atoms with Crippen molar-refractivity contribution in [1.29, 1.82) is 0 Å². The van der Waals surface area contributed by atoms with Gasteiger partial charge in [0.25, 0.3) is 5.91 Å². The number of rotatable bonds is 11. The van der Waals surface area contributed by atoms with E-state index < -0.39 is 17.7 Å². The first-order valence-electron chi connectivity index (χ1n) is 10.0. The molecule has 0 aliphatic carbocycles. The van der Waals surface area contributed by atoms with Crippen LogP contribution >= 0.6 is 0 Å². The van der Waals surface area contributed by atoms with Crippen molar-refractivity contribution in [2.45, 2.75) is 65.4 Å². The van der Waals surface area contributed by atoms with Gasteiger partial charge in [-0.1, -0.05) is 19.8 Å². The van der Waals surface area contributed by atoms with E-state index in [0.29, 0.717) is 37.1 Å². The van der Waals surface area contributed by atoms with Crippen LogP contribution in [-0.2, 0) is 16.0 Å². The summed E-state index contributed by atoms with van der Waals surface area (Å²) in [6, 6.07) is 5.12. The summed E-state index contributed by atoms with van der Waals surface area (Å²) in [7, 11) is 0. The van der Waals surface area contributed by atoms with Gasteiger partial charge in [-0.3, -0.25) is 9.59 Å². The average Bonchev–Trinajstić information content (AvgIpc) is 2.63. The first kappa shape index (κ1) is 22.5. The maximum absolute atomic E-state index is 12.4. The molecule has 1 unspecified atom stereocenters. The van der Waals surface area contributed by atoms with Gasteiger partial charge >= 0.3 is 11.6 Å². The summed E-state index contributed by atoms with van der Waals surface area (Å²) in [5.41, 5.74) is 1.78. The third-order valence-corrected chi connectivity index (χ3v) is 4.59. The Morgan fingerprint density at radius 2 is 1.97 bits per heavy atom. The van der Waals surface area contributed by atoms with E-state index >= 15 is 0 Å².